The molecule has 21 heavy (non-hydrogen) atoms. The van der Waals surface area contributed by atoms with Crippen LogP contribution in [0.5, 0.6) is 0 Å². The van der Waals surface area contributed by atoms with Crippen molar-refractivity contribution >= 4 is 29.0 Å². The smallest absolute Gasteiger partial charge is 0.271 e. The first kappa shape index (κ1) is 14.3. The van der Waals surface area contributed by atoms with Gasteiger partial charge >= 0.3 is 0 Å². The van der Waals surface area contributed by atoms with Gasteiger partial charge in [0.2, 0.25) is 5.91 Å². The Morgan fingerprint density at radius 2 is 1.90 bits per heavy atom. The van der Waals surface area contributed by atoms with Crippen molar-refractivity contribution in [2.45, 2.75) is 0 Å². The lowest BCUT2D eigenvalue weighted by Crippen LogP contribution is -2.07. The Balaban J connectivity index is 2.03. The third-order valence-corrected chi connectivity index (χ3v) is 2.69. The molecule has 0 fully saturated rings. The van der Waals surface area contributed by atoms with Gasteiger partial charge in [0.1, 0.15) is 0 Å². The highest BCUT2D eigenvalue weighted by atomic mass is 16.6. The zero-order valence-corrected chi connectivity index (χ0v) is 11.0. The summed E-state index contributed by atoms with van der Waals surface area (Å²) in [5, 5.41) is 13.2. The number of nitrogens with two attached hydrogens (primary N) is 1. The first-order valence-corrected chi connectivity index (χ1v) is 6.13. The summed E-state index contributed by atoms with van der Waals surface area (Å²) >= 11 is 0. The monoisotopic (exact) mass is 283 g/mol. The van der Waals surface area contributed by atoms with Crippen LogP contribution in [0.3, 0.4) is 0 Å². The fourth-order valence-corrected chi connectivity index (χ4v) is 1.66. The molecule has 0 atom stereocenters. The van der Waals surface area contributed by atoms with Gasteiger partial charge in [-0.05, 0) is 29.8 Å². The summed E-state index contributed by atoms with van der Waals surface area (Å²) in [5.41, 5.74) is 7.34. The summed E-state index contributed by atoms with van der Waals surface area (Å²) in [7, 11) is 0. The quantitative estimate of drug-likeness (QED) is 0.390. The van der Waals surface area contributed by atoms with E-state index in [1.807, 2.05) is 0 Å². The van der Waals surface area contributed by atoms with E-state index in [1.54, 1.807) is 36.4 Å². The van der Waals surface area contributed by atoms with Gasteiger partial charge in [-0.1, -0.05) is 18.2 Å². The number of nitro benzene ring substituents is 1. The van der Waals surface area contributed by atoms with Gasteiger partial charge in [-0.3, -0.25) is 14.9 Å². The summed E-state index contributed by atoms with van der Waals surface area (Å²) in [6.45, 7) is 0. The molecular formula is C15H13N3O3. The second kappa shape index (κ2) is 6.33. The molecule has 0 heterocycles. The molecule has 0 unspecified atom stereocenters. The second-order valence-corrected chi connectivity index (χ2v) is 4.30. The number of non-ortho nitro benzene ring substituents is 1. The summed E-state index contributed by atoms with van der Waals surface area (Å²) in [6, 6.07) is 12.8. The SMILES string of the molecule is Nc1ccc(/C=C/C(=O)Nc2cccc([N+](=O)[O-])c2)cc1. The number of hydrogen-bond donors (Lipinski definition) is 2. The number of benzene rings is 2. The molecule has 3 N–H and O–H groups in total. The van der Waals surface area contributed by atoms with E-state index in [-0.39, 0.29) is 11.6 Å². The number of carbonyl (C=O) groups excluding carboxylic acids is 1. The summed E-state index contributed by atoms with van der Waals surface area (Å²) in [5.74, 6) is -0.368. The molecule has 0 radical (unpaired) electrons. The lowest BCUT2D eigenvalue weighted by atomic mass is 10.2. The first-order chi connectivity index (χ1) is 10.0. The first-order valence-electron chi connectivity index (χ1n) is 6.13. The van der Waals surface area contributed by atoms with Gasteiger partial charge in [0.05, 0.1) is 4.92 Å². The number of amides is 1. The molecule has 0 saturated heterocycles. The molecule has 2 rings (SSSR count). The van der Waals surface area contributed by atoms with Gasteiger partial charge in [-0.2, -0.15) is 0 Å². The minimum absolute atomic E-state index is 0.0738. The van der Waals surface area contributed by atoms with Crippen LogP contribution in [-0.4, -0.2) is 10.8 Å². The maximum atomic E-state index is 11.7. The van der Waals surface area contributed by atoms with Crippen molar-refractivity contribution in [1.29, 1.82) is 0 Å². The molecule has 6 nitrogen and oxygen atoms in total. The summed E-state index contributed by atoms with van der Waals surface area (Å²) < 4.78 is 0. The molecule has 0 bridgehead atoms. The van der Waals surface area contributed by atoms with Gasteiger partial charge in [0.25, 0.3) is 5.69 Å². The maximum Gasteiger partial charge on any atom is 0.271 e. The molecule has 0 aromatic heterocycles. The standard InChI is InChI=1S/C15H13N3O3/c16-12-7-4-11(5-8-12)6-9-15(19)17-13-2-1-3-14(10-13)18(20)21/h1-10H,16H2,(H,17,19)/b9-6+. The Morgan fingerprint density at radius 1 is 1.19 bits per heavy atom. The van der Waals surface area contributed by atoms with Crippen LogP contribution in [-0.2, 0) is 4.79 Å². The van der Waals surface area contributed by atoms with E-state index >= 15 is 0 Å². The largest absolute Gasteiger partial charge is 0.399 e. The van der Waals surface area contributed by atoms with Crippen LogP contribution < -0.4 is 11.1 Å². The molecule has 0 aliphatic heterocycles. The molecule has 0 aliphatic carbocycles. The number of anilines is 2. The second-order valence-electron chi connectivity index (χ2n) is 4.30. The molecule has 2 aromatic carbocycles. The number of rotatable bonds is 4. The average Bonchev–Trinajstić information content (AvgIpc) is 2.47. The number of hydrogen-bond acceptors (Lipinski definition) is 4. The van der Waals surface area contributed by atoms with Crippen LogP contribution in [0.1, 0.15) is 5.56 Å². The molecule has 0 saturated carbocycles. The van der Waals surface area contributed by atoms with Gasteiger partial charge in [0, 0.05) is 29.6 Å². The number of nitrogens with zero attached hydrogens (tertiary/aromatic N) is 1. The minimum atomic E-state index is -0.514. The Labute approximate surface area is 121 Å². The van der Waals surface area contributed by atoms with Crippen molar-refractivity contribution in [3.05, 3.63) is 70.3 Å². The third-order valence-electron chi connectivity index (χ3n) is 2.69. The number of nitrogens with one attached hydrogen (secondary N) is 1. The van der Waals surface area contributed by atoms with Crippen LogP contribution in [0.4, 0.5) is 17.1 Å². The third kappa shape index (κ3) is 4.17. The fourth-order valence-electron chi connectivity index (χ4n) is 1.66. The Morgan fingerprint density at radius 3 is 2.57 bits per heavy atom. The zero-order chi connectivity index (χ0) is 15.2. The predicted molar refractivity (Wildman–Crippen MR) is 81.6 cm³/mol. The molecule has 2 aromatic rings. The average molecular weight is 283 g/mol. The van der Waals surface area contributed by atoms with Crippen LogP contribution in [0.25, 0.3) is 6.08 Å². The van der Waals surface area contributed by atoms with Gasteiger partial charge in [-0.15, -0.1) is 0 Å². The Bertz CT molecular complexity index is 694. The van der Waals surface area contributed by atoms with Crippen molar-refractivity contribution in [3.8, 4) is 0 Å². The highest BCUT2D eigenvalue weighted by Crippen LogP contribution is 2.17. The number of nitrogen functional groups attached to an aromatic ring is 1. The molecule has 1 amide bonds. The van der Waals surface area contributed by atoms with E-state index < -0.39 is 4.92 Å². The predicted octanol–water partition coefficient (Wildman–Crippen LogP) is 2.83. The van der Waals surface area contributed by atoms with Crippen molar-refractivity contribution < 1.29 is 9.72 Å². The molecule has 0 aliphatic rings. The topological polar surface area (TPSA) is 98.3 Å². The van der Waals surface area contributed by atoms with Gasteiger partial charge in [-0.25, -0.2) is 0 Å². The van der Waals surface area contributed by atoms with E-state index in [4.69, 9.17) is 5.73 Å². The Kier molecular flexibility index (Phi) is 4.30. The van der Waals surface area contributed by atoms with Crippen LogP contribution in [0.2, 0.25) is 0 Å². The lowest BCUT2D eigenvalue weighted by Gasteiger charge is -2.01. The van der Waals surface area contributed by atoms with E-state index in [9.17, 15) is 14.9 Å². The van der Waals surface area contributed by atoms with E-state index in [0.717, 1.165) is 5.56 Å². The zero-order valence-electron chi connectivity index (χ0n) is 11.0. The van der Waals surface area contributed by atoms with Crippen molar-refractivity contribution in [2.24, 2.45) is 0 Å². The Hall–Kier alpha value is -3.15. The molecule has 6 heteroatoms. The number of carbonyl (C=O) groups is 1. The van der Waals surface area contributed by atoms with Crippen LogP contribution >= 0.6 is 0 Å². The van der Waals surface area contributed by atoms with Crippen LogP contribution in [0, 0.1) is 10.1 Å². The molecular weight excluding hydrogens is 270 g/mol. The summed E-state index contributed by atoms with van der Waals surface area (Å²) in [4.78, 5) is 21.9. The van der Waals surface area contributed by atoms with Crippen molar-refractivity contribution in [1.82, 2.24) is 0 Å². The van der Waals surface area contributed by atoms with Gasteiger partial charge < -0.3 is 11.1 Å². The highest BCUT2D eigenvalue weighted by molar-refractivity contribution is 6.02. The highest BCUT2D eigenvalue weighted by Gasteiger charge is 2.06. The molecule has 0 spiro atoms. The van der Waals surface area contributed by atoms with E-state index in [2.05, 4.69) is 5.32 Å². The number of nitro groups is 1. The maximum absolute atomic E-state index is 11.7. The van der Waals surface area contributed by atoms with Crippen LogP contribution in [0.15, 0.2) is 54.6 Å². The van der Waals surface area contributed by atoms with E-state index in [1.165, 1.54) is 24.3 Å². The normalized spacial score (nSPS) is 10.5. The van der Waals surface area contributed by atoms with Crippen molar-refractivity contribution in [2.75, 3.05) is 11.1 Å². The minimum Gasteiger partial charge on any atom is -0.399 e. The fraction of sp³-hybridized carbons (Fsp3) is 0. The molecule has 106 valence electrons. The summed E-state index contributed by atoms with van der Waals surface area (Å²) in [6.07, 6.45) is 2.98. The van der Waals surface area contributed by atoms with E-state index in [0.29, 0.717) is 11.4 Å². The van der Waals surface area contributed by atoms with Gasteiger partial charge in [0.15, 0.2) is 0 Å². The lowest BCUT2D eigenvalue weighted by molar-refractivity contribution is -0.384. The van der Waals surface area contributed by atoms with Crippen molar-refractivity contribution in [3.63, 3.8) is 0 Å².